The van der Waals surface area contributed by atoms with Crippen LogP contribution < -0.4 is 14.8 Å². The molecule has 1 N–H and O–H groups in total. The first kappa shape index (κ1) is 19.9. The predicted octanol–water partition coefficient (Wildman–Crippen LogP) is 2.42. The maximum absolute atomic E-state index is 12.7. The molecule has 1 unspecified atom stereocenters. The third-order valence-corrected chi connectivity index (χ3v) is 5.39. The first-order valence-corrected chi connectivity index (χ1v) is 10.0. The Morgan fingerprint density at radius 2 is 1.97 bits per heavy atom. The number of ether oxygens (including phenoxy) is 2. The van der Waals surface area contributed by atoms with Crippen molar-refractivity contribution in [3.05, 3.63) is 54.1 Å². The van der Waals surface area contributed by atoms with Gasteiger partial charge in [-0.3, -0.25) is 9.78 Å². The molecule has 30 heavy (non-hydrogen) atoms. The molecule has 2 aromatic heterocycles. The van der Waals surface area contributed by atoms with E-state index in [2.05, 4.69) is 25.1 Å². The molecule has 0 saturated heterocycles. The molecule has 1 atom stereocenters. The molecule has 8 nitrogen and oxygen atoms in total. The molecule has 4 rings (SSSR count). The van der Waals surface area contributed by atoms with Crippen LogP contribution in [-0.4, -0.2) is 45.9 Å². The molecule has 0 spiro atoms. The first-order valence-electron chi connectivity index (χ1n) is 10.0. The maximum atomic E-state index is 12.7. The number of carbonyl (C=O) groups excluding carboxylic acids is 1. The molecule has 1 aromatic carbocycles. The number of hydrogen-bond donors (Lipinski definition) is 1. The van der Waals surface area contributed by atoms with Gasteiger partial charge in [0.25, 0.3) is 0 Å². The average Bonchev–Trinajstić information content (AvgIpc) is 3.08. The molecule has 1 aliphatic heterocycles. The maximum Gasteiger partial charge on any atom is 0.224 e. The van der Waals surface area contributed by atoms with Gasteiger partial charge in [0.05, 0.1) is 20.6 Å². The second-order valence-electron chi connectivity index (χ2n) is 7.27. The van der Waals surface area contributed by atoms with Gasteiger partial charge in [0, 0.05) is 42.5 Å². The largest absolute Gasteiger partial charge is 0.497 e. The fourth-order valence-corrected chi connectivity index (χ4v) is 3.82. The van der Waals surface area contributed by atoms with E-state index in [4.69, 9.17) is 9.47 Å². The number of amides is 1. The van der Waals surface area contributed by atoms with E-state index >= 15 is 0 Å². The van der Waals surface area contributed by atoms with Crippen molar-refractivity contribution in [2.75, 3.05) is 14.2 Å². The van der Waals surface area contributed by atoms with Crippen LogP contribution in [0.2, 0.25) is 0 Å². The van der Waals surface area contributed by atoms with Crippen molar-refractivity contribution < 1.29 is 14.3 Å². The predicted molar refractivity (Wildman–Crippen MR) is 111 cm³/mol. The molecule has 3 aromatic rings. The van der Waals surface area contributed by atoms with Crippen molar-refractivity contribution in [2.24, 2.45) is 0 Å². The van der Waals surface area contributed by atoms with Gasteiger partial charge in [0.1, 0.15) is 17.3 Å². The molecular formula is C22H25N5O3. The highest BCUT2D eigenvalue weighted by Crippen LogP contribution is 2.25. The normalized spacial score (nSPS) is 15.7. The van der Waals surface area contributed by atoms with Crippen molar-refractivity contribution in [1.82, 2.24) is 25.1 Å². The smallest absolute Gasteiger partial charge is 0.224 e. The van der Waals surface area contributed by atoms with Crippen LogP contribution in [0.1, 0.15) is 24.2 Å². The van der Waals surface area contributed by atoms with Crippen molar-refractivity contribution in [3.8, 4) is 22.9 Å². The summed E-state index contributed by atoms with van der Waals surface area (Å²) in [7, 11) is 3.21. The zero-order valence-electron chi connectivity index (χ0n) is 17.2. The number of benzene rings is 1. The van der Waals surface area contributed by atoms with Crippen LogP contribution in [0.5, 0.6) is 11.5 Å². The minimum atomic E-state index is -0.0291. The summed E-state index contributed by atoms with van der Waals surface area (Å²) in [5, 5.41) is 11.9. The second-order valence-corrected chi connectivity index (χ2v) is 7.27. The van der Waals surface area contributed by atoms with Gasteiger partial charge in [0.2, 0.25) is 5.91 Å². The second kappa shape index (κ2) is 8.94. The summed E-state index contributed by atoms with van der Waals surface area (Å²) in [5.41, 5.74) is 1.80. The van der Waals surface area contributed by atoms with E-state index in [0.29, 0.717) is 11.5 Å². The number of fused-ring (bicyclic) bond motifs is 1. The number of aromatic nitrogens is 4. The highest BCUT2D eigenvalue weighted by Gasteiger charge is 2.22. The topological polar surface area (TPSA) is 91.2 Å². The van der Waals surface area contributed by atoms with Gasteiger partial charge < -0.3 is 19.4 Å². The van der Waals surface area contributed by atoms with Crippen molar-refractivity contribution in [2.45, 2.75) is 38.3 Å². The van der Waals surface area contributed by atoms with Crippen LogP contribution in [0.3, 0.4) is 0 Å². The summed E-state index contributed by atoms with van der Waals surface area (Å²) in [5.74, 6) is 3.15. The molecule has 0 fully saturated rings. The van der Waals surface area contributed by atoms with Crippen LogP contribution in [-0.2, 0) is 24.2 Å². The number of methoxy groups -OCH3 is 2. The van der Waals surface area contributed by atoms with Crippen LogP contribution >= 0.6 is 0 Å². The Morgan fingerprint density at radius 3 is 2.73 bits per heavy atom. The van der Waals surface area contributed by atoms with Gasteiger partial charge in [-0.2, -0.15) is 0 Å². The lowest BCUT2D eigenvalue weighted by Gasteiger charge is -2.17. The molecule has 156 valence electrons. The van der Waals surface area contributed by atoms with Crippen LogP contribution in [0.25, 0.3) is 11.4 Å². The van der Waals surface area contributed by atoms with E-state index < -0.39 is 0 Å². The molecule has 0 radical (unpaired) electrons. The Hall–Kier alpha value is -3.42. The standard InChI is InChI=1S/C22H25N5O3/c1-29-18-4-5-19(30-2)16(13-18)14-21(28)24-17-3-6-20-25-26-22(27(20)12-9-17)15-7-10-23-11-8-15/h4-5,7-8,10-11,13,17H,3,6,9,12,14H2,1-2H3,(H,24,28). The zero-order valence-corrected chi connectivity index (χ0v) is 17.2. The molecule has 0 aliphatic carbocycles. The van der Waals surface area contributed by atoms with Crippen LogP contribution in [0.4, 0.5) is 0 Å². The van der Waals surface area contributed by atoms with Crippen LogP contribution in [0, 0.1) is 0 Å². The lowest BCUT2D eigenvalue weighted by molar-refractivity contribution is -0.121. The lowest BCUT2D eigenvalue weighted by atomic mass is 10.1. The Balaban J connectivity index is 1.41. The van der Waals surface area contributed by atoms with Gasteiger partial charge in [-0.15, -0.1) is 10.2 Å². The molecule has 1 amide bonds. The van der Waals surface area contributed by atoms with Gasteiger partial charge >= 0.3 is 0 Å². The minimum absolute atomic E-state index is 0.0291. The zero-order chi connectivity index (χ0) is 20.9. The quantitative estimate of drug-likeness (QED) is 0.675. The van der Waals surface area contributed by atoms with Gasteiger partial charge in [-0.1, -0.05) is 0 Å². The molecular weight excluding hydrogens is 382 g/mol. The number of pyridine rings is 1. The molecule has 8 heteroatoms. The summed E-state index contributed by atoms with van der Waals surface area (Å²) in [6, 6.07) is 9.43. The van der Waals surface area contributed by atoms with E-state index in [1.165, 1.54) is 0 Å². The molecule has 0 bridgehead atoms. The third-order valence-electron chi connectivity index (χ3n) is 5.39. The number of carbonyl (C=O) groups is 1. The molecule has 1 aliphatic rings. The fourth-order valence-electron chi connectivity index (χ4n) is 3.82. The van der Waals surface area contributed by atoms with E-state index in [0.717, 1.165) is 48.6 Å². The summed E-state index contributed by atoms with van der Waals surface area (Å²) in [4.78, 5) is 16.8. The Labute approximate surface area is 175 Å². The SMILES string of the molecule is COc1ccc(OC)c(CC(=O)NC2CCc3nnc(-c4ccncc4)n3CC2)c1. The number of nitrogens with one attached hydrogen (secondary N) is 1. The summed E-state index contributed by atoms with van der Waals surface area (Å²) in [6.45, 7) is 0.757. The molecule has 0 saturated carbocycles. The van der Waals surface area contributed by atoms with E-state index in [1.807, 2.05) is 30.3 Å². The number of hydrogen-bond acceptors (Lipinski definition) is 6. The van der Waals surface area contributed by atoms with Crippen molar-refractivity contribution in [3.63, 3.8) is 0 Å². The van der Waals surface area contributed by atoms with E-state index in [9.17, 15) is 4.79 Å². The third kappa shape index (κ3) is 4.27. The summed E-state index contributed by atoms with van der Waals surface area (Å²) < 4.78 is 12.8. The summed E-state index contributed by atoms with van der Waals surface area (Å²) >= 11 is 0. The van der Waals surface area contributed by atoms with E-state index in [1.54, 1.807) is 26.6 Å². The number of aryl methyl sites for hydroxylation is 1. The highest BCUT2D eigenvalue weighted by molar-refractivity contribution is 5.79. The van der Waals surface area contributed by atoms with Gasteiger partial charge in [-0.25, -0.2) is 0 Å². The Bertz CT molecular complexity index is 1020. The Morgan fingerprint density at radius 1 is 1.13 bits per heavy atom. The molecule has 3 heterocycles. The van der Waals surface area contributed by atoms with Gasteiger partial charge in [-0.05, 0) is 43.2 Å². The van der Waals surface area contributed by atoms with E-state index in [-0.39, 0.29) is 18.4 Å². The minimum Gasteiger partial charge on any atom is -0.497 e. The fraction of sp³-hybridized carbons (Fsp3) is 0.364. The van der Waals surface area contributed by atoms with Crippen LogP contribution in [0.15, 0.2) is 42.7 Å². The Kier molecular flexibility index (Phi) is 5.92. The average molecular weight is 407 g/mol. The lowest BCUT2D eigenvalue weighted by Crippen LogP contribution is -2.36. The van der Waals surface area contributed by atoms with Gasteiger partial charge in [0.15, 0.2) is 5.82 Å². The summed E-state index contributed by atoms with van der Waals surface area (Å²) in [6.07, 6.45) is 6.17. The highest BCUT2D eigenvalue weighted by atomic mass is 16.5. The number of rotatable bonds is 6. The first-order chi connectivity index (χ1) is 14.7. The van der Waals surface area contributed by atoms with Crippen molar-refractivity contribution >= 4 is 5.91 Å². The number of nitrogens with zero attached hydrogens (tertiary/aromatic N) is 4. The van der Waals surface area contributed by atoms with Crippen molar-refractivity contribution in [1.29, 1.82) is 0 Å². The monoisotopic (exact) mass is 407 g/mol.